The van der Waals surface area contributed by atoms with Crippen LogP contribution in [-0.4, -0.2) is 38.4 Å². The average molecular weight is 377 g/mol. The highest BCUT2D eigenvalue weighted by Crippen LogP contribution is 2.32. The molecule has 0 unspecified atom stereocenters. The summed E-state index contributed by atoms with van der Waals surface area (Å²) in [6.07, 6.45) is -3.70. The molecule has 0 bridgehead atoms. The van der Waals surface area contributed by atoms with Crippen LogP contribution >= 0.6 is 0 Å². The van der Waals surface area contributed by atoms with E-state index in [9.17, 15) is 18.3 Å². The quantitative estimate of drug-likeness (QED) is 0.700. The Kier molecular flexibility index (Phi) is 5.02. The van der Waals surface area contributed by atoms with Gasteiger partial charge in [-0.1, -0.05) is 0 Å². The summed E-state index contributed by atoms with van der Waals surface area (Å²) in [6, 6.07) is 7.34. The number of aromatic hydroxyl groups is 1. The molecule has 0 fully saturated rings. The first kappa shape index (κ1) is 18.7. The summed E-state index contributed by atoms with van der Waals surface area (Å²) in [7, 11) is 0. The Bertz CT molecular complexity index is 917. The lowest BCUT2D eigenvalue weighted by atomic mass is 10.1. The van der Waals surface area contributed by atoms with E-state index in [1.165, 1.54) is 6.07 Å². The van der Waals surface area contributed by atoms with Crippen molar-refractivity contribution in [3.63, 3.8) is 0 Å². The zero-order valence-corrected chi connectivity index (χ0v) is 14.7. The average Bonchev–Trinajstić information content (AvgIpc) is 3.12. The largest absolute Gasteiger partial charge is 0.507 e. The van der Waals surface area contributed by atoms with Crippen LogP contribution in [0.2, 0.25) is 0 Å². The summed E-state index contributed by atoms with van der Waals surface area (Å²) in [5, 5.41) is 17.0. The number of halogens is 3. The maximum absolute atomic E-state index is 12.6. The summed E-state index contributed by atoms with van der Waals surface area (Å²) >= 11 is 0. The predicted octanol–water partition coefficient (Wildman–Crippen LogP) is 4.10. The summed E-state index contributed by atoms with van der Waals surface area (Å²) < 4.78 is 37.9. The molecule has 0 saturated carbocycles. The fourth-order valence-corrected chi connectivity index (χ4v) is 2.69. The van der Waals surface area contributed by atoms with Crippen molar-refractivity contribution in [2.24, 2.45) is 0 Å². The molecule has 0 radical (unpaired) electrons. The van der Waals surface area contributed by atoms with E-state index in [4.69, 9.17) is 0 Å². The molecule has 0 amide bonds. The molecule has 0 aliphatic carbocycles. The molecule has 142 valence electrons. The molecule has 1 aromatic carbocycles. The number of hydrogen-bond acceptors (Lipinski definition) is 5. The van der Waals surface area contributed by atoms with Crippen LogP contribution < -0.4 is 4.90 Å². The second kappa shape index (κ2) is 7.26. The summed E-state index contributed by atoms with van der Waals surface area (Å²) in [5.74, 6) is 0.464. The molecular formula is C18H18F3N5O. The molecule has 0 spiro atoms. The van der Waals surface area contributed by atoms with Gasteiger partial charge in [-0.15, -0.1) is 0 Å². The molecule has 27 heavy (non-hydrogen) atoms. The van der Waals surface area contributed by atoms with E-state index >= 15 is 0 Å². The van der Waals surface area contributed by atoms with E-state index in [-0.39, 0.29) is 23.1 Å². The lowest BCUT2D eigenvalue weighted by molar-refractivity contribution is -0.137. The number of hydrogen-bond donors (Lipinski definition) is 2. The lowest BCUT2D eigenvalue weighted by Crippen LogP contribution is -2.21. The number of anilines is 1. The van der Waals surface area contributed by atoms with E-state index in [1.54, 1.807) is 12.1 Å². The standard InChI is InChI=1S/C18H18F3N5O/c1-3-26(4-2)12-6-7-13(15(27)9-12)16-23-17(25-24-16)14-8-5-11(10-22-14)18(19,20)21/h5-10,27H,3-4H2,1-2H3,(H,23,24,25). The monoisotopic (exact) mass is 377 g/mol. The molecule has 9 heteroatoms. The predicted molar refractivity (Wildman–Crippen MR) is 95.3 cm³/mol. The van der Waals surface area contributed by atoms with Gasteiger partial charge in [-0.05, 0) is 38.1 Å². The van der Waals surface area contributed by atoms with Gasteiger partial charge in [0.1, 0.15) is 11.4 Å². The van der Waals surface area contributed by atoms with Gasteiger partial charge in [-0.25, -0.2) is 4.98 Å². The molecule has 0 atom stereocenters. The number of pyridine rings is 1. The van der Waals surface area contributed by atoms with Crippen molar-refractivity contribution in [3.8, 4) is 28.7 Å². The van der Waals surface area contributed by atoms with E-state index in [1.807, 2.05) is 19.9 Å². The van der Waals surface area contributed by atoms with Gasteiger partial charge in [0.2, 0.25) is 0 Å². The van der Waals surface area contributed by atoms with Crippen LogP contribution in [0.25, 0.3) is 22.9 Å². The number of phenols is 1. The van der Waals surface area contributed by atoms with Crippen LogP contribution in [0, 0.1) is 0 Å². The zero-order chi connectivity index (χ0) is 19.6. The fraction of sp³-hybridized carbons (Fsp3) is 0.278. The van der Waals surface area contributed by atoms with Crippen LogP contribution in [0.5, 0.6) is 5.75 Å². The molecule has 3 rings (SSSR count). The van der Waals surface area contributed by atoms with Crippen LogP contribution in [0.3, 0.4) is 0 Å². The molecule has 2 aromatic heterocycles. The molecule has 0 aliphatic rings. The minimum atomic E-state index is -4.45. The summed E-state index contributed by atoms with van der Waals surface area (Å²) in [4.78, 5) is 10.1. The van der Waals surface area contributed by atoms with Gasteiger partial charge < -0.3 is 10.0 Å². The van der Waals surface area contributed by atoms with Gasteiger partial charge in [-0.3, -0.25) is 10.1 Å². The number of nitrogens with one attached hydrogen (secondary N) is 1. The van der Waals surface area contributed by atoms with Gasteiger partial charge >= 0.3 is 6.18 Å². The van der Waals surface area contributed by atoms with E-state index in [0.29, 0.717) is 5.56 Å². The Morgan fingerprint density at radius 3 is 2.41 bits per heavy atom. The first-order chi connectivity index (χ1) is 12.8. The Balaban J connectivity index is 1.87. The van der Waals surface area contributed by atoms with Gasteiger partial charge in [0, 0.05) is 31.0 Å². The van der Waals surface area contributed by atoms with E-state index in [0.717, 1.165) is 31.0 Å². The van der Waals surface area contributed by atoms with Crippen molar-refractivity contribution in [2.45, 2.75) is 20.0 Å². The second-order valence-corrected chi connectivity index (χ2v) is 5.81. The first-order valence-electron chi connectivity index (χ1n) is 8.37. The van der Waals surface area contributed by atoms with Gasteiger partial charge in [0.15, 0.2) is 11.6 Å². The normalized spacial score (nSPS) is 11.6. The zero-order valence-electron chi connectivity index (χ0n) is 14.7. The number of rotatable bonds is 5. The van der Waals surface area contributed by atoms with E-state index < -0.39 is 11.7 Å². The Labute approximate surface area is 153 Å². The highest BCUT2D eigenvalue weighted by Gasteiger charge is 2.30. The first-order valence-corrected chi connectivity index (χ1v) is 8.37. The highest BCUT2D eigenvalue weighted by atomic mass is 19.4. The Morgan fingerprint density at radius 2 is 1.85 bits per heavy atom. The highest BCUT2D eigenvalue weighted by molar-refractivity contribution is 5.69. The molecule has 3 aromatic rings. The number of alkyl halides is 3. The van der Waals surface area contributed by atoms with Crippen molar-refractivity contribution < 1.29 is 18.3 Å². The van der Waals surface area contributed by atoms with E-state index in [2.05, 4.69) is 25.1 Å². The molecule has 2 N–H and O–H groups in total. The molecule has 0 saturated heterocycles. The SMILES string of the molecule is CCN(CC)c1ccc(-c2n[nH]c(-c3ccc(C(F)(F)F)cn3)n2)c(O)c1. The van der Waals surface area contributed by atoms with Crippen LogP contribution in [0.1, 0.15) is 19.4 Å². The smallest absolute Gasteiger partial charge is 0.417 e. The Hall–Kier alpha value is -3.10. The maximum atomic E-state index is 12.6. The summed E-state index contributed by atoms with van der Waals surface area (Å²) in [6.45, 7) is 5.65. The fourth-order valence-electron chi connectivity index (χ4n) is 2.69. The number of phenolic OH excluding ortho intramolecular Hbond substituents is 1. The third kappa shape index (κ3) is 3.86. The number of benzene rings is 1. The van der Waals surface area contributed by atoms with Crippen molar-refractivity contribution in [2.75, 3.05) is 18.0 Å². The van der Waals surface area contributed by atoms with Crippen molar-refractivity contribution in [1.82, 2.24) is 20.2 Å². The van der Waals surface area contributed by atoms with Crippen molar-refractivity contribution >= 4 is 5.69 Å². The summed E-state index contributed by atoms with van der Waals surface area (Å²) in [5.41, 5.74) is 0.679. The van der Waals surface area contributed by atoms with Crippen LogP contribution in [-0.2, 0) is 6.18 Å². The maximum Gasteiger partial charge on any atom is 0.417 e. The minimum Gasteiger partial charge on any atom is -0.507 e. The molecule has 6 nitrogen and oxygen atoms in total. The topological polar surface area (TPSA) is 77.9 Å². The van der Waals surface area contributed by atoms with Crippen molar-refractivity contribution in [3.05, 3.63) is 42.1 Å². The third-order valence-corrected chi connectivity index (χ3v) is 4.17. The van der Waals surface area contributed by atoms with Crippen LogP contribution in [0.15, 0.2) is 36.5 Å². The lowest BCUT2D eigenvalue weighted by Gasteiger charge is -2.21. The molecule has 2 heterocycles. The number of nitrogens with zero attached hydrogens (tertiary/aromatic N) is 4. The minimum absolute atomic E-state index is 0.0188. The van der Waals surface area contributed by atoms with Gasteiger partial charge in [0.25, 0.3) is 0 Å². The second-order valence-electron chi connectivity index (χ2n) is 5.81. The number of aromatic nitrogens is 4. The number of aromatic amines is 1. The van der Waals surface area contributed by atoms with Crippen LogP contribution in [0.4, 0.5) is 18.9 Å². The van der Waals surface area contributed by atoms with Gasteiger partial charge in [-0.2, -0.15) is 18.3 Å². The van der Waals surface area contributed by atoms with Crippen molar-refractivity contribution in [1.29, 1.82) is 0 Å². The molecule has 0 aliphatic heterocycles. The Morgan fingerprint density at radius 1 is 1.11 bits per heavy atom. The number of H-pyrrole nitrogens is 1. The van der Waals surface area contributed by atoms with Gasteiger partial charge in [0.05, 0.1) is 11.1 Å². The molecular weight excluding hydrogens is 359 g/mol. The third-order valence-electron chi connectivity index (χ3n) is 4.17.